The van der Waals surface area contributed by atoms with Crippen LogP contribution in [0.2, 0.25) is 0 Å². The summed E-state index contributed by atoms with van der Waals surface area (Å²) in [7, 11) is 1.78. The van der Waals surface area contributed by atoms with Gasteiger partial charge in [0.05, 0.1) is 6.04 Å². The number of likely N-dealkylation sites (N-methyl/N-ethyl adjacent to an activating group) is 1. The van der Waals surface area contributed by atoms with Crippen LogP contribution in [0.4, 0.5) is 0 Å². The molecule has 2 aliphatic heterocycles. The molecule has 2 rings (SSSR count). The van der Waals surface area contributed by atoms with Crippen molar-refractivity contribution in [2.75, 3.05) is 20.1 Å². The van der Waals surface area contributed by atoms with Gasteiger partial charge in [0.25, 0.3) is 0 Å². The molecule has 0 aromatic carbocycles. The molecule has 2 amide bonds. The van der Waals surface area contributed by atoms with Crippen molar-refractivity contribution < 1.29 is 9.59 Å². The van der Waals surface area contributed by atoms with E-state index in [0.717, 1.165) is 38.8 Å². The van der Waals surface area contributed by atoms with Crippen LogP contribution in [0, 0.1) is 5.92 Å². The number of piperidine rings is 1. The van der Waals surface area contributed by atoms with Gasteiger partial charge in [-0.25, -0.2) is 0 Å². The van der Waals surface area contributed by atoms with Gasteiger partial charge in [-0.15, -0.1) is 0 Å². The maximum atomic E-state index is 12.1. The third-order valence-corrected chi connectivity index (χ3v) is 4.15. The van der Waals surface area contributed by atoms with Gasteiger partial charge < -0.3 is 15.5 Å². The van der Waals surface area contributed by atoms with Crippen LogP contribution < -0.4 is 10.6 Å². The normalized spacial score (nSPS) is 32.7. The van der Waals surface area contributed by atoms with Crippen molar-refractivity contribution in [2.45, 2.75) is 44.7 Å². The van der Waals surface area contributed by atoms with Crippen LogP contribution in [-0.2, 0) is 9.59 Å². The van der Waals surface area contributed by atoms with E-state index in [-0.39, 0.29) is 23.9 Å². The summed E-state index contributed by atoms with van der Waals surface area (Å²) < 4.78 is 0. The summed E-state index contributed by atoms with van der Waals surface area (Å²) in [5, 5.41) is 6.13. The average molecular weight is 253 g/mol. The third kappa shape index (κ3) is 2.83. The maximum Gasteiger partial charge on any atom is 0.244 e. The highest BCUT2D eigenvalue weighted by Crippen LogP contribution is 2.19. The molecular formula is C13H23N3O2. The molecular weight excluding hydrogens is 230 g/mol. The molecule has 3 atom stereocenters. The van der Waals surface area contributed by atoms with Crippen LogP contribution >= 0.6 is 0 Å². The van der Waals surface area contributed by atoms with Crippen LogP contribution in [-0.4, -0.2) is 48.9 Å². The van der Waals surface area contributed by atoms with Crippen LogP contribution in [0.1, 0.15) is 32.6 Å². The number of amides is 2. The Morgan fingerprint density at radius 1 is 1.50 bits per heavy atom. The van der Waals surface area contributed by atoms with Gasteiger partial charge in [0, 0.05) is 13.6 Å². The predicted octanol–water partition coefficient (Wildman–Crippen LogP) is 0.112. The van der Waals surface area contributed by atoms with E-state index in [9.17, 15) is 9.59 Å². The lowest BCUT2D eigenvalue weighted by Crippen LogP contribution is -2.52. The molecule has 5 heteroatoms. The van der Waals surface area contributed by atoms with Crippen molar-refractivity contribution in [1.29, 1.82) is 0 Å². The molecule has 0 spiro atoms. The first-order chi connectivity index (χ1) is 8.61. The molecule has 2 saturated heterocycles. The van der Waals surface area contributed by atoms with Crippen molar-refractivity contribution in [3.8, 4) is 0 Å². The quantitative estimate of drug-likeness (QED) is 0.750. The zero-order valence-electron chi connectivity index (χ0n) is 11.2. The summed E-state index contributed by atoms with van der Waals surface area (Å²) in [5.74, 6) is 0.650. The summed E-state index contributed by atoms with van der Waals surface area (Å²) in [6.45, 7) is 3.80. The smallest absolute Gasteiger partial charge is 0.244 e. The van der Waals surface area contributed by atoms with Crippen molar-refractivity contribution >= 4 is 11.8 Å². The van der Waals surface area contributed by atoms with E-state index in [1.807, 2.05) is 0 Å². The summed E-state index contributed by atoms with van der Waals surface area (Å²) in [6.07, 6.45) is 3.88. The van der Waals surface area contributed by atoms with Gasteiger partial charge in [0.2, 0.25) is 11.8 Å². The van der Waals surface area contributed by atoms with Crippen LogP contribution in [0.3, 0.4) is 0 Å². The molecule has 5 nitrogen and oxygen atoms in total. The molecule has 2 N–H and O–H groups in total. The van der Waals surface area contributed by atoms with Crippen LogP contribution in [0.25, 0.3) is 0 Å². The van der Waals surface area contributed by atoms with Gasteiger partial charge in [-0.1, -0.05) is 13.3 Å². The Kier molecular flexibility index (Phi) is 4.22. The van der Waals surface area contributed by atoms with Gasteiger partial charge in [-0.2, -0.15) is 0 Å². The second kappa shape index (κ2) is 5.69. The van der Waals surface area contributed by atoms with E-state index >= 15 is 0 Å². The Labute approximate surface area is 108 Å². The zero-order valence-corrected chi connectivity index (χ0v) is 11.2. The van der Waals surface area contributed by atoms with Gasteiger partial charge in [0.15, 0.2) is 0 Å². The van der Waals surface area contributed by atoms with Gasteiger partial charge in [-0.3, -0.25) is 9.59 Å². The lowest BCUT2D eigenvalue weighted by atomic mass is 9.90. The second-order valence-electron chi connectivity index (χ2n) is 5.42. The van der Waals surface area contributed by atoms with Crippen molar-refractivity contribution in [2.24, 2.45) is 5.92 Å². The minimum atomic E-state index is -0.314. The first kappa shape index (κ1) is 13.3. The fourth-order valence-electron chi connectivity index (χ4n) is 2.80. The number of hydrogen-bond acceptors (Lipinski definition) is 3. The zero-order chi connectivity index (χ0) is 13.1. The number of nitrogens with one attached hydrogen (secondary N) is 2. The molecule has 18 heavy (non-hydrogen) atoms. The number of likely N-dealkylation sites (tertiary alicyclic amines) is 1. The van der Waals surface area contributed by atoms with Gasteiger partial charge >= 0.3 is 0 Å². The fourth-order valence-corrected chi connectivity index (χ4v) is 2.80. The van der Waals surface area contributed by atoms with E-state index in [1.54, 1.807) is 11.9 Å². The van der Waals surface area contributed by atoms with Crippen LogP contribution in [0.15, 0.2) is 0 Å². The Hall–Kier alpha value is -1.10. The number of hydrogen-bond donors (Lipinski definition) is 2. The topological polar surface area (TPSA) is 61.4 Å². The maximum absolute atomic E-state index is 12.1. The number of nitrogens with zero attached hydrogens (tertiary/aromatic N) is 1. The molecule has 0 radical (unpaired) electrons. The second-order valence-corrected chi connectivity index (χ2v) is 5.42. The summed E-state index contributed by atoms with van der Waals surface area (Å²) in [4.78, 5) is 25.5. The minimum absolute atomic E-state index is 0.0122. The first-order valence-electron chi connectivity index (χ1n) is 6.90. The Bertz CT molecular complexity index is 332. The van der Waals surface area contributed by atoms with E-state index in [1.165, 1.54) is 0 Å². The monoisotopic (exact) mass is 253 g/mol. The number of carbonyl (C=O) groups is 2. The molecule has 0 aromatic rings. The van der Waals surface area contributed by atoms with Gasteiger partial charge in [-0.05, 0) is 31.7 Å². The number of rotatable bonds is 3. The Morgan fingerprint density at radius 2 is 2.28 bits per heavy atom. The highest BCUT2D eigenvalue weighted by atomic mass is 16.2. The SMILES string of the molecule is CCC1CCNC(C(=O)NC2CCN(C)C2=O)C1. The van der Waals surface area contributed by atoms with E-state index in [0.29, 0.717) is 5.92 Å². The lowest BCUT2D eigenvalue weighted by molar-refractivity contribution is -0.132. The summed E-state index contributed by atoms with van der Waals surface area (Å²) in [5.41, 5.74) is 0. The van der Waals surface area contributed by atoms with E-state index < -0.39 is 0 Å². The van der Waals surface area contributed by atoms with Gasteiger partial charge in [0.1, 0.15) is 6.04 Å². The van der Waals surface area contributed by atoms with Crippen molar-refractivity contribution in [3.63, 3.8) is 0 Å². The summed E-state index contributed by atoms with van der Waals surface area (Å²) >= 11 is 0. The fraction of sp³-hybridized carbons (Fsp3) is 0.846. The van der Waals surface area contributed by atoms with E-state index in [4.69, 9.17) is 0 Å². The Morgan fingerprint density at radius 3 is 2.89 bits per heavy atom. The standard InChI is InChI=1S/C13H23N3O2/c1-3-9-4-6-14-11(8-9)12(17)15-10-5-7-16(2)13(10)18/h9-11,14H,3-8H2,1-2H3,(H,15,17). The predicted molar refractivity (Wildman–Crippen MR) is 69.0 cm³/mol. The van der Waals surface area contributed by atoms with Crippen molar-refractivity contribution in [1.82, 2.24) is 15.5 Å². The number of carbonyl (C=O) groups excluding carboxylic acids is 2. The molecule has 0 bridgehead atoms. The molecule has 3 unspecified atom stereocenters. The molecule has 2 heterocycles. The lowest BCUT2D eigenvalue weighted by Gasteiger charge is -2.29. The van der Waals surface area contributed by atoms with Crippen molar-refractivity contribution in [3.05, 3.63) is 0 Å². The molecule has 102 valence electrons. The highest BCUT2D eigenvalue weighted by Gasteiger charge is 2.33. The van der Waals surface area contributed by atoms with E-state index in [2.05, 4.69) is 17.6 Å². The molecule has 2 aliphatic rings. The minimum Gasteiger partial charge on any atom is -0.344 e. The molecule has 2 fully saturated rings. The molecule has 0 aliphatic carbocycles. The largest absolute Gasteiger partial charge is 0.344 e. The highest BCUT2D eigenvalue weighted by molar-refractivity contribution is 5.90. The summed E-state index contributed by atoms with van der Waals surface area (Å²) in [6, 6.07) is -0.436. The third-order valence-electron chi connectivity index (χ3n) is 4.15. The molecule has 0 saturated carbocycles. The first-order valence-corrected chi connectivity index (χ1v) is 6.90. The molecule has 0 aromatic heterocycles. The van der Waals surface area contributed by atoms with Crippen LogP contribution in [0.5, 0.6) is 0 Å². The average Bonchev–Trinajstić information content (AvgIpc) is 2.71. The Balaban J connectivity index is 1.86.